The van der Waals surface area contributed by atoms with E-state index in [4.69, 9.17) is 0 Å². The zero-order chi connectivity index (χ0) is 19.5. The molecule has 4 rings (SSSR count). The van der Waals surface area contributed by atoms with Gasteiger partial charge in [-0.15, -0.1) is 0 Å². The largest absolute Gasteiger partial charge is 0.306 e. The van der Waals surface area contributed by atoms with E-state index in [-0.39, 0.29) is 11.3 Å². The Hall–Kier alpha value is -4.00. The van der Waals surface area contributed by atoms with E-state index in [1.54, 1.807) is 10.5 Å². The highest BCUT2D eigenvalue weighted by atomic mass is 16.6. The van der Waals surface area contributed by atoms with Crippen molar-refractivity contribution in [2.45, 2.75) is 6.42 Å². The fourth-order valence-electron chi connectivity index (χ4n) is 3.03. The van der Waals surface area contributed by atoms with Crippen LogP contribution in [0.25, 0.3) is 5.65 Å². The summed E-state index contributed by atoms with van der Waals surface area (Å²) in [4.78, 5) is 27.9. The molecule has 0 bridgehead atoms. The SMILES string of the molecule is O=C(Nc1c(Cc2ccccc2)nc2ccccn12)c1cccc([N+](=O)[O-])c1. The van der Waals surface area contributed by atoms with Gasteiger partial charge in [-0.25, -0.2) is 4.98 Å². The fraction of sp³-hybridized carbons (Fsp3) is 0.0476. The Kier molecular flexibility index (Phi) is 4.55. The summed E-state index contributed by atoms with van der Waals surface area (Å²) in [7, 11) is 0. The lowest BCUT2D eigenvalue weighted by molar-refractivity contribution is -0.384. The molecule has 1 amide bonds. The number of nitrogens with one attached hydrogen (secondary N) is 1. The summed E-state index contributed by atoms with van der Waals surface area (Å²) in [5.41, 5.74) is 2.58. The zero-order valence-electron chi connectivity index (χ0n) is 14.8. The van der Waals surface area contributed by atoms with Gasteiger partial charge in [-0.05, 0) is 23.8 Å². The van der Waals surface area contributed by atoms with Crippen LogP contribution in [0.15, 0.2) is 79.0 Å². The van der Waals surface area contributed by atoms with Gasteiger partial charge in [0.1, 0.15) is 11.5 Å². The number of hydrogen-bond acceptors (Lipinski definition) is 4. The molecule has 1 N–H and O–H groups in total. The van der Waals surface area contributed by atoms with E-state index in [1.807, 2.05) is 54.7 Å². The minimum Gasteiger partial charge on any atom is -0.306 e. The number of anilines is 1. The molecule has 0 aliphatic rings. The van der Waals surface area contributed by atoms with Gasteiger partial charge in [-0.3, -0.25) is 19.3 Å². The van der Waals surface area contributed by atoms with Crippen molar-refractivity contribution in [1.82, 2.24) is 9.38 Å². The molecule has 2 aromatic carbocycles. The molecule has 2 aromatic heterocycles. The van der Waals surface area contributed by atoms with E-state index in [9.17, 15) is 14.9 Å². The van der Waals surface area contributed by atoms with Crippen molar-refractivity contribution >= 4 is 23.1 Å². The molecule has 138 valence electrons. The van der Waals surface area contributed by atoms with E-state index < -0.39 is 10.8 Å². The van der Waals surface area contributed by atoms with Crippen LogP contribution in [0.3, 0.4) is 0 Å². The van der Waals surface area contributed by atoms with Crippen LogP contribution < -0.4 is 5.32 Å². The number of pyridine rings is 1. The standard InChI is InChI=1S/C21H16N4O3/c26-21(16-9-6-10-17(14-16)25(27)28)23-20-18(13-15-7-2-1-3-8-15)22-19-11-4-5-12-24(19)20/h1-12,14H,13H2,(H,23,26). The predicted molar refractivity (Wildman–Crippen MR) is 105 cm³/mol. The van der Waals surface area contributed by atoms with Crippen LogP contribution in [-0.4, -0.2) is 20.2 Å². The summed E-state index contributed by atoms with van der Waals surface area (Å²) < 4.78 is 1.80. The number of carbonyl (C=O) groups excluding carboxylic acids is 1. The molecule has 0 aliphatic heterocycles. The maximum Gasteiger partial charge on any atom is 0.270 e. The van der Waals surface area contributed by atoms with Gasteiger partial charge >= 0.3 is 0 Å². The molecule has 0 unspecified atom stereocenters. The van der Waals surface area contributed by atoms with Crippen LogP contribution in [0, 0.1) is 10.1 Å². The fourth-order valence-corrected chi connectivity index (χ4v) is 3.03. The molecular formula is C21H16N4O3. The Morgan fingerprint density at radius 1 is 1.04 bits per heavy atom. The monoisotopic (exact) mass is 372 g/mol. The highest BCUT2D eigenvalue weighted by Gasteiger charge is 2.17. The number of amides is 1. The number of imidazole rings is 1. The van der Waals surface area contributed by atoms with E-state index in [0.29, 0.717) is 17.9 Å². The van der Waals surface area contributed by atoms with Crippen LogP contribution in [0.4, 0.5) is 11.5 Å². The van der Waals surface area contributed by atoms with Crippen LogP contribution >= 0.6 is 0 Å². The number of nitro groups is 1. The van der Waals surface area contributed by atoms with Crippen molar-refractivity contribution in [2.24, 2.45) is 0 Å². The van der Waals surface area contributed by atoms with Gasteiger partial charge in [-0.2, -0.15) is 0 Å². The van der Waals surface area contributed by atoms with Gasteiger partial charge in [0.2, 0.25) is 0 Å². The Morgan fingerprint density at radius 3 is 2.61 bits per heavy atom. The Morgan fingerprint density at radius 2 is 1.82 bits per heavy atom. The lowest BCUT2D eigenvalue weighted by Gasteiger charge is -2.08. The first-order valence-corrected chi connectivity index (χ1v) is 8.67. The van der Waals surface area contributed by atoms with Crippen LogP contribution in [0.2, 0.25) is 0 Å². The van der Waals surface area contributed by atoms with Crippen LogP contribution in [0.1, 0.15) is 21.6 Å². The average Bonchev–Trinajstić information content (AvgIpc) is 3.06. The van der Waals surface area contributed by atoms with Crippen molar-refractivity contribution in [1.29, 1.82) is 0 Å². The van der Waals surface area contributed by atoms with Gasteiger partial charge in [0, 0.05) is 30.3 Å². The number of non-ortho nitro benzene ring substituents is 1. The molecule has 0 radical (unpaired) electrons. The summed E-state index contributed by atoms with van der Waals surface area (Å²) >= 11 is 0. The Labute approximate surface area is 160 Å². The normalized spacial score (nSPS) is 10.7. The van der Waals surface area contributed by atoms with Crippen LogP contribution in [-0.2, 0) is 6.42 Å². The van der Waals surface area contributed by atoms with Crippen molar-refractivity contribution in [2.75, 3.05) is 5.32 Å². The van der Waals surface area contributed by atoms with Crippen LogP contribution in [0.5, 0.6) is 0 Å². The first kappa shape index (κ1) is 17.4. The van der Waals surface area contributed by atoms with Gasteiger partial charge in [0.25, 0.3) is 11.6 Å². The third-order valence-electron chi connectivity index (χ3n) is 4.37. The van der Waals surface area contributed by atoms with Crippen molar-refractivity contribution in [3.63, 3.8) is 0 Å². The Bertz CT molecular complexity index is 1170. The molecule has 28 heavy (non-hydrogen) atoms. The molecule has 0 saturated carbocycles. The van der Waals surface area contributed by atoms with Crippen molar-refractivity contribution < 1.29 is 9.72 Å². The summed E-state index contributed by atoms with van der Waals surface area (Å²) in [6, 6.07) is 21.1. The lowest BCUT2D eigenvalue weighted by atomic mass is 10.1. The van der Waals surface area contributed by atoms with Gasteiger partial charge in [0.05, 0.1) is 10.6 Å². The number of nitrogens with zero attached hydrogens (tertiary/aromatic N) is 3. The second kappa shape index (κ2) is 7.32. The smallest absolute Gasteiger partial charge is 0.270 e. The summed E-state index contributed by atoms with van der Waals surface area (Å²) in [6.07, 6.45) is 2.37. The van der Waals surface area contributed by atoms with E-state index in [1.165, 1.54) is 18.2 Å². The maximum atomic E-state index is 12.8. The molecule has 2 heterocycles. The lowest BCUT2D eigenvalue weighted by Crippen LogP contribution is -2.15. The number of fused-ring (bicyclic) bond motifs is 1. The number of hydrogen-bond donors (Lipinski definition) is 1. The Balaban J connectivity index is 1.71. The number of aromatic nitrogens is 2. The minimum atomic E-state index is -0.522. The highest BCUT2D eigenvalue weighted by Crippen LogP contribution is 2.23. The highest BCUT2D eigenvalue weighted by molar-refractivity contribution is 6.04. The number of benzene rings is 2. The van der Waals surface area contributed by atoms with E-state index >= 15 is 0 Å². The second-order valence-electron chi connectivity index (χ2n) is 6.26. The molecule has 0 saturated heterocycles. The molecule has 0 atom stereocenters. The quantitative estimate of drug-likeness (QED) is 0.422. The molecule has 0 fully saturated rings. The summed E-state index contributed by atoms with van der Waals surface area (Å²) in [5.74, 6) is 0.125. The summed E-state index contributed by atoms with van der Waals surface area (Å²) in [6.45, 7) is 0. The first-order chi connectivity index (χ1) is 13.6. The molecular weight excluding hydrogens is 356 g/mol. The second-order valence-corrected chi connectivity index (χ2v) is 6.26. The molecule has 7 heteroatoms. The third-order valence-corrected chi connectivity index (χ3v) is 4.37. The summed E-state index contributed by atoms with van der Waals surface area (Å²) in [5, 5.41) is 13.9. The van der Waals surface area contributed by atoms with Crippen molar-refractivity contribution in [3.8, 4) is 0 Å². The molecule has 0 aliphatic carbocycles. The third kappa shape index (κ3) is 3.45. The number of carbonyl (C=O) groups is 1. The van der Waals surface area contributed by atoms with Gasteiger partial charge < -0.3 is 5.32 Å². The van der Waals surface area contributed by atoms with E-state index in [2.05, 4.69) is 10.3 Å². The molecule has 0 spiro atoms. The zero-order valence-corrected chi connectivity index (χ0v) is 14.8. The average molecular weight is 372 g/mol. The molecule has 4 aromatic rings. The molecule has 7 nitrogen and oxygen atoms in total. The van der Waals surface area contributed by atoms with E-state index in [0.717, 1.165) is 11.3 Å². The van der Waals surface area contributed by atoms with Crippen molar-refractivity contribution in [3.05, 3.63) is 106 Å². The number of nitro benzene ring substituents is 1. The van der Waals surface area contributed by atoms with Gasteiger partial charge in [-0.1, -0.05) is 42.5 Å². The number of rotatable bonds is 5. The topological polar surface area (TPSA) is 89.5 Å². The first-order valence-electron chi connectivity index (χ1n) is 8.67. The predicted octanol–water partition coefficient (Wildman–Crippen LogP) is 4.09. The maximum absolute atomic E-state index is 12.8. The minimum absolute atomic E-state index is 0.129. The van der Waals surface area contributed by atoms with Gasteiger partial charge in [0.15, 0.2) is 0 Å².